The number of benzene rings is 1. The summed E-state index contributed by atoms with van der Waals surface area (Å²) in [5, 5.41) is 28.1. The molecule has 0 radical (unpaired) electrons. The molecule has 0 aliphatic carbocycles. The van der Waals surface area contributed by atoms with E-state index in [1.807, 2.05) is 29.2 Å². The van der Waals surface area contributed by atoms with E-state index in [4.69, 9.17) is 0 Å². The molecule has 2 N–H and O–H groups in total. The van der Waals surface area contributed by atoms with Crippen LogP contribution in [0.25, 0.3) is 10.9 Å². The summed E-state index contributed by atoms with van der Waals surface area (Å²) in [5.74, 6) is 0. The summed E-state index contributed by atoms with van der Waals surface area (Å²) in [4.78, 5) is 1.94. The van der Waals surface area contributed by atoms with Crippen LogP contribution in [0.2, 0.25) is 0 Å². The van der Waals surface area contributed by atoms with E-state index in [0.717, 1.165) is 16.6 Å². The lowest BCUT2D eigenvalue weighted by atomic mass is 10.2. The van der Waals surface area contributed by atoms with Crippen LogP contribution in [0.15, 0.2) is 30.5 Å². The summed E-state index contributed by atoms with van der Waals surface area (Å²) in [6, 6.07) is 7.72. The Balaban J connectivity index is 2.06. The zero-order chi connectivity index (χ0) is 11.8. The first-order chi connectivity index (χ1) is 8.25. The fraction of sp³-hybridized carbons (Fsp3) is 0.333. The van der Waals surface area contributed by atoms with Crippen LogP contribution in [0.3, 0.4) is 0 Å². The van der Waals surface area contributed by atoms with Gasteiger partial charge < -0.3 is 15.1 Å². The first-order valence-corrected chi connectivity index (χ1v) is 5.57. The fourth-order valence-corrected chi connectivity index (χ4v) is 2.21. The number of fused-ring (bicyclic) bond motifs is 1. The number of β-amino-alcohol motifs (C(OH)–C–C–N with tert-alkyl or cyclic N) is 2. The summed E-state index contributed by atoms with van der Waals surface area (Å²) in [7, 11) is 0. The molecule has 1 aromatic carbocycles. The van der Waals surface area contributed by atoms with Crippen molar-refractivity contribution >= 4 is 16.6 Å². The van der Waals surface area contributed by atoms with Crippen molar-refractivity contribution in [3.8, 4) is 0 Å². The largest absolute Gasteiger partial charge is 0.389 e. The summed E-state index contributed by atoms with van der Waals surface area (Å²) in [6.07, 6.45) is 0.288. The third-order valence-corrected chi connectivity index (χ3v) is 3.13. The lowest BCUT2D eigenvalue weighted by Crippen LogP contribution is -2.22. The van der Waals surface area contributed by atoms with E-state index in [9.17, 15) is 10.2 Å². The highest BCUT2D eigenvalue weighted by molar-refractivity contribution is 5.90. The number of anilines is 1. The van der Waals surface area contributed by atoms with Crippen molar-refractivity contribution < 1.29 is 10.2 Å². The molecule has 2 heterocycles. The number of nitrogens with zero attached hydrogens (tertiary/aromatic N) is 3. The van der Waals surface area contributed by atoms with Crippen molar-refractivity contribution in [1.29, 1.82) is 0 Å². The number of aliphatic hydroxyl groups excluding tert-OH is 2. The van der Waals surface area contributed by atoms with Gasteiger partial charge in [0.25, 0.3) is 0 Å². The lowest BCUT2D eigenvalue weighted by Gasteiger charge is -2.18. The molecule has 1 aromatic heterocycles. The van der Waals surface area contributed by atoms with Crippen molar-refractivity contribution in [2.75, 3.05) is 18.0 Å². The molecule has 5 heteroatoms. The van der Waals surface area contributed by atoms with Gasteiger partial charge in [-0.05, 0) is 6.07 Å². The van der Waals surface area contributed by atoms with Gasteiger partial charge in [-0.3, -0.25) is 0 Å². The highest BCUT2D eigenvalue weighted by atomic mass is 16.3. The molecule has 2 unspecified atom stereocenters. The van der Waals surface area contributed by atoms with E-state index in [-0.39, 0.29) is 0 Å². The monoisotopic (exact) mass is 231 g/mol. The van der Waals surface area contributed by atoms with Crippen LogP contribution in [0.5, 0.6) is 0 Å². The van der Waals surface area contributed by atoms with Crippen LogP contribution in [0.1, 0.15) is 0 Å². The zero-order valence-electron chi connectivity index (χ0n) is 9.19. The molecule has 17 heavy (non-hydrogen) atoms. The number of aromatic nitrogens is 2. The summed E-state index contributed by atoms with van der Waals surface area (Å²) >= 11 is 0. The van der Waals surface area contributed by atoms with Gasteiger partial charge in [0.2, 0.25) is 0 Å². The lowest BCUT2D eigenvalue weighted by molar-refractivity contribution is 0.0572. The smallest absolute Gasteiger partial charge is 0.0990 e. The highest BCUT2D eigenvalue weighted by Crippen LogP contribution is 2.27. The quantitative estimate of drug-likeness (QED) is 0.732. The van der Waals surface area contributed by atoms with Gasteiger partial charge in [-0.15, -0.1) is 0 Å². The van der Waals surface area contributed by atoms with Crippen LogP contribution >= 0.6 is 0 Å². The maximum Gasteiger partial charge on any atom is 0.0990 e. The third kappa shape index (κ3) is 1.73. The second kappa shape index (κ2) is 3.94. The first-order valence-electron chi connectivity index (χ1n) is 5.57. The van der Waals surface area contributed by atoms with Crippen molar-refractivity contribution in [3.05, 3.63) is 30.5 Å². The second-order valence-electron chi connectivity index (χ2n) is 4.29. The number of rotatable bonds is 1. The van der Waals surface area contributed by atoms with Gasteiger partial charge in [0.05, 0.1) is 29.6 Å². The van der Waals surface area contributed by atoms with Gasteiger partial charge in [0.15, 0.2) is 0 Å². The minimum absolute atomic E-state index is 0.427. The molecule has 3 rings (SSSR count). The van der Waals surface area contributed by atoms with E-state index in [1.165, 1.54) is 0 Å². The summed E-state index contributed by atoms with van der Waals surface area (Å²) < 4.78 is 0. The van der Waals surface area contributed by atoms with E-state index >= 15 is 0 Å². The van der Waals surface area contributed by atoms with Crippen molar-refractivity contribution in [2.45, 2.75) is 12.2 Å². The summed E-state index contributed by atoms with van der Waals surface area (Å²) in [6.45, 7) is 0.855. The average molecular weight is 231 g/mol. The van der Waals surface area contributed by atoms with Crippen LogP contribution in [-0.4, -0.2) is 45.7 Å². The Labute approximate surface area is 98.3 Å². The van der Waals surface area contributed by atoms with Crippen molar-refractivity contribution in [2.24, 2.45) is 0 Å². The van der Waals surface area contributed by atoms with Crippen LogP contribution in [0, 0.1) is 0 Å². The Hall–Kier alpha value is -1.72. The molecule has 2 aromatic rings. The molecule has 1 fully saturated rings. The Morgan fingerprint density at radius 2 is 1.82 bits per heavy atom. The standard InChI is InChI=1S/C12H13N3O2/c16-11-6-15(7-12(11)17)10-5-13-14-9-4-2-1-3-8(9)10/h1-5,11-12,16-17H,6-7H2. The number of hydrogen-bond donors (Lipinski definition) is 2. The molecule has 0 bridgehead atoms. The number of hydrogen-bond acceptors (Lipinski definition) is 5. The molecule has 1 aliphatic rings. The minimum Gasteiger partial charge on any atom is -0.389 e. The zero-order valence-corrected chi connectivity index (χ0v) is 9.19. The van der Waals surface area contributed by atoms with Gasteiger partial charge >= 0.3 is 0 Å². The third-order valence-electron chi connectivity index (χ3n) is 3.13. The first kappa shape index (κ1) is 10.4. The molecule has 1 saturated heterocycles. The topological polar surface area (TPSA) is 69.5 Å². The van der Waals surface area contributed by atoms with Crippen LogP contribution in [0.4, 0.5) is 5.69 Å². The van der Waals surface area contributed by atoms with Gasteiger partial charge in [-0.25, -0.2) is 0 Å². The van der Waals surface area contributed by atoms with E-state index in [1.54, 1.807) is 6.20 Å². The Kier molecular flexibility index (Phi) is 2.42. The molecular formula is C12H13N3O2. The predicted molar refractivity (Wildman–Crippen MR) is 63.8 cm³/mol. The number of aliphatic hydroxyl groups is 2. The molecular weight excluding hydrogens is 218 g/mol. The molecule has 1 aliphatic heterocycles. The normalized spacial score (nSPS) is 24.5. The molecule has 88 valence electrons. The second-order valence-corrected chi connectivity index (χ2v) is 4.29. The Morgan fingerprint density at radius 3 is 2.59 bits per heavy atom. The van der Waals surface area contributed by atoms with Crippen molar-refractivity contribution in [3.63, 3.8) is 0 Å². The maximum absolute atomic E-state index is 9.57. The highest BCUT2D eigenvalue weighted by Gasteiger charge is 2.30. The van der Waals surface area contributed by atoms with E-state index in [0.29, 0.717) is 13.1 Å². The van der Waals surface area contributed by atoms with Crippen molar-refractivity contribution in [1.82, 2.24) is 10.2 Å². The molecule has 0 spiro atoms. The molecule has 0 saturated carbocycles. The van der Waals surface area contributed by atoms with Gasteiger partial charge in [-0.1, -0.05) is 18.2 Å². The summed E-state index contributed by atoms with van der Waals surface area (Å²) in [5.41, 5.74) is 1.73. The van der Waals surface area contributed by atoms with Crippen LogP contribution in [-0.2, 0) is 0 Å². The van der Waals surface area contributed by atoms with Gasteiger partial charge in [0.1, 0.15) is 0 Å². The SMILES string of the molecule is OC1CN(c2cnnc3ccccc23)CC1O. The van der Waals surface area contributed by atoms with Gasteiger partial charge in [-0.2, -0.15) is 10.2 Å². The molecule has 0 amide bonds. The van der Waals surface area contributed by atoms with Gasteiger partial charge in [0, 0.05) is 18.5 Å². The maximum atomic E-state index is 9.57. The van der Waals surface area contributed by atoms with Crippen LogP contribution < -0.4 is 4.90 Å². The van der Waals surface area contributed by atoms with E-state index < -0.39 is 12.2 Å². The Bertz CT molecular complexity index is 531. The average Bonchev–Trinajstić information content (AvgIpc) is 2.69. The molecule has 2 atom stereocenters. The predicted octanol–water partition coefficient (Wildman–Crippen LogP) is 0.172. The van der Waals surface area contributed by atoms with E-state index in [2.05, 4.69) is 10.2 Å². The minimum atomic E-state index is -0.693. The fourth-order valence-electron chi connectivity index (χ4n) is 2.21. The Morgan fingerprint density at radius 1 is 1.12 bits per heavy atom. The molecule has 5 nitrogen and oxygen atoms in total.